The number of ether oxygens (including phenoxy) is 1. The van der Waals surface area contributed by atoms with E-state index in [0.29, 0.717) is 12.1 Å². The number of H-pyrrole nitrogens is 1. The zero-order valence-electron chi connectivity index (χ0n) is 17.4. The van der Waals surface area contributed by atoms with Gasteiger partial charge < -0.3 is 20.8 Å². The fraction of sp³-hybridized carbons (Fsp3) is 0.333. The smallest absolute Gasteiger partial charge is 0.248 e. The molecule has 2 aromatic carbocycles. The third-order valence-electron chi connectivity index (χ3n) is 6.14. The number of hydrogen-bond donors (Lipinski definition) is 3. The molecule has 1 aliphatic rings. The molecule has 2 atom stereocenters. The van der Waals surface area contributed by atoms with Crippen LogP contribution in [0.4, 0.5) is 0 Å². The number of fused-ring (bicyclic) bond motifs is 1. The Bertz CT molecular complexity index is 1050. The number of benzene rings is 2. The molecule has 0 aliphatic heterocycles. The normalized spacial score (nSPS) is 23.0. The van der Waals surface area contributed by atoms with Crippen molar-refractivity contribution in [3.63, 3.8) is 0 Å². The first-order chi connectivity index (χ1) is 14.5. The highest BCUT2D eigenvalue weighted by atomic mass is 16.5. The van der Waals surface area contributed by atoms with Gasteiger partial charge in [-0.15, -0.1) is 0 Å². The van der Waals surface area contributed by atoms with Crippen LogP contribution >= 0.6 is 0 Å². The van der Waals surface area contributed by atoms with Crippen molar-refractivity contribution in [1.82, 2.24) is 15.3 Å². The number of nitrogens with one attached hydrogen (secondary N) is 2. The number of carbonyl (C=O) groups is 1. The Morgan fingerprint density at radius 1 is 1.33 bits per heavy atom. The number of methoxy groups -OCH3 is 1. The molecule has 0 bridgehead atoms. The summed E-state index contributed by atoms with van der Waals surface area (Å²) in [5, 5.41) is 3.42. The van der Waals surface area contributed by atoms with Gasteiger partial charge in [0.15, 0.2) is 0 Å². The summed E-state index contributed by atoms with van der Waals surface area (Å²) in [4.78, 5) is 19.7. The van der Waals surface area contributed by atoms with E-state index in [1.54, 1.807) is 13.2 Å². The molecule has 3 aromatic rings. The maximum atomic E-state index is 11.7. The van der Waals surface area contributed by atoms with Crippen LogP contribution in [0.15, 0.2) is 60.3 Å². The maximum absolute atomic E-state index is 11.7. The van der Waals surface area contributed by atoms with Gasteiger partial charge in [-0.05, 0) is 66.8 Å². The lowest BCUT2D eigenvalue weighted by molar-refractivity contribution is -0.0434. The summed E-state index contributed by atoms with van der Waals surface area (Å²) in [5.41, 5.74) is 9.55. The van der Waals surface area contributed by atoms with Crippen LogP contribution in [-0.4, -0.2) is 23.0 Å². The second kappa shape index (κ2) is 8.32. The van der Waals surface area contributed by atoms with Crippen LogP contribution in [0.2, 0.25) is 0 Å². The van der Waals surface area contributed by atoms with Crippen LogP contribution in [0.3, 0.4) is 0 Å². The number of nitrogens with zero attached hydrogens (tertiary/aromatic N) is 1. The number of para-hydroxylation sites is 2. The van der Waals surface area contributed by atoms with Gasteiger partial charge in [0.1, 0.15) is 11.4 Å². The Morgan fingerprint density at radius 2 is 2.17 bits per heavy atom. The van der Waals surface area contributed by atoms with Gasteiger partial charge in [0, 0.05) is 12.7 Å². The van der Waals surface area contributed by atoms with Crippen molar-refractivity contribution in [3.05, 3.63) is 77.3 Å². The highest BCUT2D eigenvalue weighted by Crippen LogP contribution is 2.47. The summed E-state index contributed by atoms with van der Waals surface area (Å²) in [6.07, 6.45) is 5.13. The summed E-state index contributed by atoms with van der Waals surface area (Å²) in [6, 6.07) is 15.5. The second-order valence-electron chi connectivity index (χ2n) is 7.93. The molecule has 2 unspecified atom stereocenters. The van der Waals surface area contributed by atoms with Crippen molar-refractivity contribution in [2.75, 3.05) is 7.11 Å². The van der Waals surface area contributed by atoms with Gasteiger partial charge in [-0.3, -0.25) is 4.79 Å². The maximum Gasteiger partial charge on any atom is 0.248 e. The van der Waals surface area contributed by atoms with Crippen molar-refractivity contribution < 1.29 is 9.53 Å². The van der Waals surface area contributed by atoms with Gasteiger partial charge >= 0.3 is 0 Å². The first-order valence-electron chi connectivity index (χ1n) is 10.4. The van der Waals surface area contributed by atoms with E-state index in [9.17, 15) is 4.79 Å². The van der Waals surface area contributed by atoms with Crippen LogP contribution in [-0.2, 0) is 16.9 Å². The van der Waals surface area contributed by atoms with Crippen LogP contribution < -0.4 is 11.1 Å². The van der Waals surface area contributed by atoms with Crippen molar-refractivity contribution in [3.8, 4) is 0 Å². The van der Waals surface area contributed by atoms with Crippen LogP contribution in [0.25, 0.3) is 11.0 Å². The Hall–Kier alpha value is -3.12. The number of aromatic nitrogens is 2. The lowest BCUT2D eigenvalue weighted by Crippen LogP contribution is -2.41. The molecule has 0 spiro atoms. The van der Waals surface area contributed by atoms with Crippen molar-refractivity contribution in [1.29, 1.82) is 0 Å². The Kier molecular flexibility index (Phi) is 5.59. The first-order valence-corrected chi connectivity index (χ1v) is 10.4. The predicted octanol–water partition coefficient (Wildman–Crippen LogP) is 4.00. The van der Waals surface area contributed by atoms with E-state index >= 15 is 0 Å². The van der Waals surface area contributed by atoms with Gasteiger partial charge in [-0.2, -0.15) is 0 Å². The van der Waals surface area contributed by atoms with E-state index in [1.165, 1.54) is 5.57 Å². The summed E-state index contributed by atoms with van der Waals surface area (Å²) in [5.74, 6) is 0.717. The predicted molar refractivity (Wildman–Crippen MR) is 118 cm³/mol. The molecule has 0 saturated heterocycles. The minimum absolute atomic E-state index is 0.263. The average molecular weight is 405 g/mol. The van der Waals surface area contributed by atoms with Crippen LogP contribution in [0, 0.1) is 5.92 Å². The highest BCUT2D eigenvalue weighted by molar-refractivity contribution is 5.93. The number of aromatic amines is 1. The van der Waals surface area contributed by atoms with E-state index < -0.39 is 11.5 Å². The number of hydrogen-bond acceptors (Lipinski definition) is 4. The topological polar surface area (TPSA) is 93.0 Å². The quantitative estimate of drug-likeness (QED) is 0.579. The number of imidazole rings is 1. The average Bonchev–Trinajstić information content (AvgIpc) is 3.17. The number of primary amides is 1. The Labute approximate surface area is 176 Å². The molecule has 1 saturated carbocycles. The molecule has 1 aliphatic carbocycles. The van der Waals surface area contributed by atoms with Crippen LogP contribution in [0.5, 0.6) is 0 Å². The largest absolute Gasteiger partial charge is 0.384 e. The zero-order chi connectivity index (χ0) is 21.1. The number of amides is 1. The van der Waals surface area contributed by atoms with Gasteiger partial charge in [-0.1, -0.05) is 31.2 Å². The standard InChI is InChI=1S/C24H28N4O2/c1-16-7-5-10-19(14-26-15-22-27-20-11-3-4-12-21(20)28-22)24(16,30-2)18-9-6-8-17(13-18)23(25)29/h3-4,6,8-9,11-14,16,26H,5,7,10,15H2,1-2H3,(H2,25,29)(H,27,28)/b19-14+. The van der Waals surface area contributed by atoms with Crippen molar-refractivity contribution in [2.24, 2.45) is 11.7 Å². The highest BCUT2D eigenvalue weighted by Gasteiger charge is 2.44. The molecule has 1 amide bonds. The monoisotopic (exact) mass is 404 g/mol. The molecule has 1 aromatic heterocycles. The van der Waals surface area contributed by atoms with Crippen molar-refractivity contribution in [2.45, 2.75) is 38.3 Å². The second-order valence-corrected chi connectivity index (χ2v) is 7.93. The van der Waals surface area contributed by atoms with E-state index in [0.717, 1.165) is 41.7 Å². The third kappa shape index (κ3) is 3.59. The number of carbonyl (C=O) groups excluding carboxylic acids is 1. The molecule has 6 heteroatoms. The van der Waals surface area contributed by atoms with Gasteiger partial charge in [0.25, 0.3) is 0 Å². The third-order valence-corrected chi connectivity index (χ3v) is 6.14. The molecule has 4 N–H and O–H groups in total. The van der Waals surface area contributed by atoms with Gasteiger partial charge in [0.05, 0.1) is 17.6 Å². The molecule has 30 heavy (non-hydrogen) atoms. The number of nitrogens with two attached hydrogens (primary N) is 1. The van der Waals surface area contributed by atoms with Gasteiger partial charge in [0.2, 0.25) is 5.91 Å². The van der Waals surface area contributed by atoms with Crippen molar-refractivity contribution >= 4 is 16.9 Å². The summed E-state index contributed by atoms with van der Waals surface area (Å²) < 4.78 is 6.19. The Morgan fingerprint density at radius 3 is 2.93 bits per heavy atom. The lowest BCUT2D eigenvalue weighted by Gasteiger charge is -2.44. The van der Waals surface area contributed by atoms with E-state index in [2.05, 4.69) is 28.4 Å². The molecule has 4 rings (SSSR count). The Balaban J connectivity index is 1.63. The van der Waals surface area contributed by atoms with Crippen LogP contribution in [0.1, 0.15) is 47.9 Å². The van der Waals surface area contributed by atoms with E-state index in [4.69, 9.17) is 10.5 Å². The fourth-order valence-electron chi connectivity index (χ4n) is 4.67. The summed E-state index contributed by atoms with van der Waals surface area (Å²) in [7, 11) is 1.74. The number of rotatable bonds is 6. The van der Waals surface area contributed by atoms with E-state index in [-0.39, 0.29) is 5.92 Å². The molecule has 1 fully saturated rings. The molecule has 156 valence electrons. The minimum Gasteiger partial charge on any atom is -0.384 e. The minimum atomic E-state index is -0.593. The fourth-order valence-corrected chi connectivity index (χ4v) is 4.67. The summed E-state index contributed by atoms with van der Waals surface area (Å²) >= 11 is 0. The zero-order valence-corrected chi connectivity index (χ0v) is 17.4. The SMILES string of the molecule is COC1(c2cccc(C(N)=O)c2)/C(=C/NCc2nc3ccccc3[nH]2)CCCC1C. The molecule has 1 heterocycles. The van der Waals surface area contributed by atoms with E-state index in [1.807, 2.05) is 42.5 Å². The molecular formula is C24H28N4O2. The molecule has 0 radical (unpaired) electrons. The van der Waals surface area contributed by atoms with Gasteiger partial charge in [-0.25, -0.2) is 4.98 Å². The molecular weight excluding hydrogens is 376 g/mol. The lowest BCUT2D eigenvalue weighted by atomic mass is 9.69. The molecule has 6 nitrogen and oxygen atoms in total. The summed E-state index contributed by atoms with van der Waals surface area (Å²) in [6.45, 7) is 2.79. The first kappa shape index (κ1) is 20.2.